The van der Waals surface area contributed by atoms with E-state index in [0.717, 1.165) is 32.1 Å². The van der Waals surface area contributed by atoms with Crippen molar-refractivity contribution in [3.8, 4) is 0 Å². The Hall–Kier alpha value is -0.870. The van der Waals surface area contributed by atoms with Gasteiger partial charge in [0.25, 0.3) is 0 Å². The van der Waals surface area contributed by atoms with Crippen LogP contribution >= 0.6 is 11.6 Å². The van der Waals surface area contributed by atoms with Crippen LogP contribution in [0.3, 0.4) is 0 Å². The summed E-state index contributed by atoms with van der Waals surface area (Å²) in [6, 6.07) is 8.11. The number of Topliss-reactive ketones (excluding diaryl/α,β-unsaturated/α-hetero) is 1. The van der Waals surface area contributed by atoms with Crippen LogP contribution in [-0.4, -0.2) is 18.4 Å². The maximum atomic E-state index is 13.0. The van der Waals surface area contributed by atoms with Crippen LogP contribution in [0.1, 0.15) is 64.2 Å². The fourth-order valence-electron chi connectivity index (χ4n) is 3.10. The van der Waals surface area contributed by atoms with Gasteiger partial charge in [-0.05, 0) is 25.0 Å². The second-order valence-electron chi connectivity index (χ2n) is 6.30. The summed E-state index contributed by atoms with van der Waals surface area (Å²) in [6.07, 6.45) is 8.27. The van der Waals surface area contributed by atoms with Crippen LogP contribution in [0, 0.1) is 0 Å². The van der Waals surface area contributed by atoms with Crippen molar-refractivity contribution in [1.29, 1.82) is 0 Å². The Morgan fingerprint density at radius 3 is 1.96 bits per heavy atom. The van der Waals surface area contributed by atoms with Crippen molar-refractivity contribution in [2.24, 2.45) is 0 Å². The molecular weight excluding hydrogens is 332 g/mol. The van der Waals surface area contributed by atoms with E-state index in [1.807, 2.05) is 0 Å². The highest BCUT2D eigenvalue weighted by atomic mass is 35.5. The van der Waals surface area contributed by atoms with Gasteiger partial charge in [-0.2, -0.15) is 0 Å². The van der Waals surface area contributed by atoms with Crippen molar-refractivity contribution in [3.63, 3.8) is 0 Å². The minimum atomic E-state index is -3.88. The molecule has 128 valence electrons. The Kier molecular flexibility index (Phi) is 6.66. The van der Waals surface area contributed by atoms with Crippen molar-refractivity contribution in [2.45, 2.75) is 73.3 Å². The molecule has 1 aliphatic carbocycles. The zero-order chi connectivity index (χ0) is 16.8. The van der Waals surface area contributed by atoms with E-state index in [-0.39, 0.29) is 23.5 Å². The third kappa shape index (κ3) is 4.36. The lowest BCUT2D eigenvalue weighted by Crippen LogP contribution is -2.41. The van der Waals surface area contributed by atoms with Crippen molar-refractivity contribution < 1.29 is 13.2 Å². The Morgan fingerprint density at radius 2 is 1.35 bits per heavy atom. The quantitative estimate of drug-likeness (QED) is 0.709. The molecule has 1 unspecified atom stereocenters. The molecule has 0 radical (unpaired) electrons. The van der Waals surface area contributed by atoms with E-state index in [1.54, 1.807) is 18.2 Å². The third-order valence-electron chi connectivity index (χ3n) is 4.55. The van der Waals surface area contributed by atoms with Crippen molar-refractivity contribution in [1.82, 2.24) is 0 Å². The molecule has 1 aromatic carbocycles. The molecule has 0 aromatic heterocycles. The van der Waals surface area contributed by atoms with E-state index >= 15 is 0 Å². The first kappa shape index (κ1) is 18.5. The smallest absolute Gasteiger partial charge is 0.207 e. The highest BCUT2D eigenvalue weighted by molar-refractivity contribution is 7.95. The van der Waals surface area contributed by atoms with Crippen molar-refractivity contribution in [2.75, 3.05) is 0 Å². The Labute approximate surface area is 144 Å². The van der Waals surface area contributed by atoms with Crippen LogP contribution in [0.4, 0.5) is 0 Å². The summed E-state index contributed by atoms with van der Waals surface area (Å²) in [4.78, 5) is 12.8. The lowest BCUT2D eigenvalue weighted by Gasteiger charge is -2.26. The van der Waals surface area contributed by atoms with Crippen LogP contribution in [0.5, 0.6) is 0 Å². The summed E-state index contributed by atoms with van der Waals surface area (Å²) in [7, 11) is -3.88. The van der Waals surface area contributed by atoms with Crippen molar-refractivity contribution in [3.05, 3.63) is 30.3 Å². The van der Waals surface area contributed by atoms with E-state index in [0.29, 0.717) is 6.42 Å². The van der Waals surface area contributed by atoms with E-state index in [9.17, 15) is 13.2 Å². The fraction of sp³-hybridized carbons (Fsp3) is 0.611. The number of hydrogen-bond acceptors (Lipinski definition) is 3. The predicted molar refractivity (Wildman–Crippen MR) is 93.4 cm³/mol. The lowest BCUT2D eigenvalue weighted by molar-refractivity contribution is -0.119. The van der Waals surface area contributed by atoms with Crippen LogP contribution in [-0.2, 0) is 14.6 Å². The van der Waals surface area contributed by atoms with Crippen LogP contribution in [0.2, 0.25) is 0 Å². The summed E-state index contributed by atoms with van der Waals surface area (Å²) in [5, 5.41) is 0. The third-order valence-corrected chi connectivity index (χ3v) is 7.73. The highest BCUT2D eigenvalue weighted by Gasteiger charge is 2.48. The van der Waals surface area contributed by atoms with Gasteiger partial charge in [0.05, 0.1) is 4.90 Å². The van der Waals surface area contributed by atoms with Gasteiger partial charge < -0.3 is 0 Å². The molecule has 23 heavy (non-hydrogen) atoms. The normalized spacial score (nSPS) is 25.3. The van der Waals surface area contributed by atoms with E-state index in [4.69, 9.17) is 11.6 Å². The average Bonchev–Trinajstić information content (AvgIpc) is 2.55. The number of rotatable bonds is 2. The minimum absolute atomic E-state index is 0.135. The number of halogens is 1. The molecule has 1 aromatic rings. The molecular formula is C18H25ClO3S. The lowest BCUT2D eigenvalue weighted by atomic mass is 10.00. The zero-order valence-corrected chi connectivity index (χ0v) is 15.0. The molecule has 3 nitrogen and oxygen atoms in total. The number of ketones is 1. The number of sulfone groups is 1. The van der Waals surface area contributed by atoms with Crippen LogP contribution < -0.4 is 0 Å². The SMILES string of the molecule is O=C1CCCCCCCCCCC1(Cl)S(=O)(=O)c1ccccc1. The van der Waals surface area contributed by atoms with Gasteiger partial charge in [-0.1, -0.05) is 74.7 Å². The van der Waals surface area contributed by atoms with E-state index in [1.165, 1.54) is 25.0 Å². The average molecular weight is 357 g/mol. The predicted octanol–water partition coefficient (Wildman–Crippen LogP) is 4.88. The first-order valence-electron chi connectivity index (χ1n) is 8.50. The van der Waals surface area contributed by atoms with Gasteiger partial charge in [0.2, 0.25) is 14.0 Å². The maximum absolute atomic E-state index is 13.0. The Bertz CT molecular complexity index is 612. The summed E-state index contributed by atoms with van der Waals surface area (Å²) in [5.74, 6) is -0.344. The highest BCUT2D eigenvalue weighted by Crippen LogP contribution is 2.37. The Morgan fingerprint density at radius 1 is 0.826 bits per heavy atom. The maximum Gasteiger partial charge on any atom is 0.207 e. The molecule has 0 aliphatic heterocycles. The molecule has 0 N–H and O–H groups in total. The first-order valence-corrected chi connectivity index (χ1v) is 10.4. The summed E-state index contributed by atoms with van der Waals surface area (Å²) >= 11 is 6.51. The Balaban J connectivity index is 2.29. The zero-order valence-electron chi connectivity index (χ0n) is 13.5. The first-order chi connectivity index (χ1) is 11.0. The second kappa shape index (κ2) is 8.29. The molecule has 1 aliphatic rings. The number of carbonyl (C=O) groups is 1. The molecule has 2 rings (SSSR count). The van der Waals surface area contributed by atoms with Crippen LogP contribution in [0.15, 0.2) is 35.2 Å². The van der Waals surface area contributed by atoms with Gasteiger partial charge >= 0.3 is 0 Å². The molecule has 1 fully saturated rings. The standard InChI is InChI=1S/C18H25ClO3S/c19-18(23(21,22)16-12-8-7-9-13-16)15-11-6-4-2-1-3-5-10-14-17(18)20/h7-9,12-13H,1-6,10-11,14-15H2. The topological polar surface area (TPSA) is 51.2 Å². The van der Waals surface area contributed by atoms with Crippen molar-refractivity contribution >= 4 is 27.2 Å². The van der Waals surface area contributed by atoms with Gasteiger partial charge in [-0.15, -0.1) is 0 Å². The van der Waals surface area contributed by atoms with Crippen LogP contribution in [0.25, 0.3) is 0 Å². The largest absolute Gasteiger partial charge is 0.297 e. The molecule has 0 bridgehead atoms. The van der Waals surface area contributed by atoms with Gasteiger partial charge in [0.15, 0.2) is 5.78 Å². The summed E-state index contributed by atoms with van der Waals surface area (Å²) in [5.41, 5.74) is 0. The molecule has 5 heteroatoms. The number of alkyl halides is 1. The number of benzene rings is 1. The molecule has 1 saturated carbocycles. The monoisotopic (exact) mass is 356 g/mol. The number of hydrogen-bond donors (Lipinski definition) is 0. The second-order valence-corrected chi connectivity index (χ2v) is 9.34. The van der Waals surface area contributed by atoms with Gasteiger partial charge in [0, 0.05) is 6.42 Å². The molecule has 0 amide bonds. The summed E-state index contributed by atoms with van der Waals surface area (Å²) in [6.45, 7) is 0. The van der Waals surface area contributed by atoms with Gasteiger partial charge in [0.1, 0.15) is 0 Å². The minimum Gasteiger partial charge on any atom is -0.297 e. The molecule has 0 spiro atoms. The molecule has 0 saturated heterocycles. The molecule has 1 atom stereocenters. The number of carbonyl (C=O) groups excluding carboxylic acids is 1. The van der Waals surface area contributed by atoms with Gasteiger partial charge in [-0.3, -0.25) is 4.79 Å². The van der Waals surface area contributed by atoms with E-state index in [2.05, 4.69) is 0 Å². The fourth-order valence-corrected chi connectivity index (χ4v) is 5.29. The van der Waals surface area contributed by atoms with E-state index < -0.39 is 14.0 Å². The molecule has 0 heterocycles. The van der Waals surface area contributed by atoms with Gasteiger partial charge in [-0.25, -0.2) is 8.42 Å². The summed E-state index contributed by atoms with van der Waals surface area (Å²) < 4.78 is 24.2.